The standard InChI is InChI=1S/C23H23N5O3/c1-15-9-10-20(16(2)11-15)30-13-19-17(3)31-27-21(19)22(29)25-23-24-14-28(26-23)12-18-7-5-4-6-8-18/h4-11,14H,12-13H2,1-3H3,(H,25,26,29). The summed E-state index contributed by atoms with van der Waals surface area (Å²) in [6.45, 7) is 6.48. The predicted molar refractivity (Wildman–Crippen MR) is 115 cm³/mol. The largest absolute Gasteiger partial charge is 0.488 e. The Morgan fingerprint density at radius 1 is 1.13 bits per heavy atom. The van der Waals surface area contributed by atoms with Gasteiger partial charge in [-0.05, 0) is 38.0 Å². The molecular formula is C23H23N5O3. The lowest BCUT2D eigenvalue weighted by atomic mass is 10.1. The maximum absolute atomic E-state index is 12.8. The van der Waals surface area contributed by atoms with Crippen molar-refractivity contribution < 1.29 is 14.1 Å². The topological polar surface area (TPSA) is 95.1 Å². The van der Waals surface area contributed by atoms with E-state index in [0.29, 0.717) is 17.9 Å². The summed E-state index contributed by atoms with van der Waals surface area (Å²) in [4.78, 5) is 16.9. The van der Waals surface area contributed by atoms with Crippen LogP contribution in [0.2, 0.25) is 0 Å². The van der Waals surface area contributed by atoms with Crippen LogP contribution in [0.15, 0.2) is 59.4 Å². The van der Waals surface area contributed by atoms with E-state index in [9.17, 15) is 4.79 Å². The highest BCUT2D eigenvalue weighted by Gasteiger charge is 2.22. The fourth-order valence-electron chi connectivity index (χ4n) is 3.21. The van der Waals surface area contributed by atoms with Crippen molar-refractivity contribution in [3.63, 3.8) is 0 Å². The Bertz CT molecular complexity index is 1200. The minimum absolute atomic E-state index is 0.154. The zero-order valence-corrected chi connectivity index (χ0v) is 17.6. The van der Waals surface area contributed by atoms with Gasteiger partial charge in [-0.1, -0.05) is 53.2 Å². The van der Waals surface area contributed by atoms with Crippen LogP contribution in [0.3, 0.4) is 0 Å². The van der Waals surface area contributed by atoms with Gasteiger partial charge in [0.25, 0.3) is 5.91 Å². The van der Waals surface area contributed by atoms with Gasteiger partial charge in [0.1, 0.15) is 24.4 Å². The molecule has 1 amide bonds. The Kier molecular flexibility index (Phi) is 5.79. The zero-order valence-electron chi connectivity index (χ0n) is 17.6. The molecule has 0 saturated carbocycles. The van der Waals surface area contributed by atoms with Crippen LogP contribution in [0.25, 0.3) is 0 Å². The fourth-order valence-corrected chi connectivity index (χ4v) is 3.21. The third-order valence-electron chi connectivity index (χ3n) is 4.85. The van der Waals surface area contributed by atoms with Crippen LogP contribution < -0.4 is 10.1 Å². The molecule has 2 heterocycles. The van der Waals surface area contributed by atoms with Crippen molar-refractivity contribution in [1.82, 2.24) is 19.9 Å². The van der Waals surface area contributed by atoms with Gasteiger partial charge in [-0.2, -0.15) is 0 Å². The minimum atomic E-state index is -0.450. The number of rotatable bonds is 7. The van der Waals surface area contributed by atoms with E-state index < -0.39 is 5.91 Å². The van der Waals surface area contributed by atoms with Crippen molar-refractivity contribution in [3.8, 4) is 5.75 Å². The highest BCUT2D eigenvalue weighted by molar-refractivity contribution is 6.02. The number of benzene rings is 2. The van der Waals surface area contributed by atoms with Crippen molar-refractivity contribution in [1.29, 1.82) is 0 Å². The van der Waals surface area contributed by atoms with Crippen LogP contribution in [0.4, 0.5) is 5.95 Å². The summed E-state index contributed by atoms with van der Waals surface area (Å²) in [6, 6.07) is 15.8. The molecule has 4 aromatic rings. The van der Waals surface area contributed by atoms with Crippen LogP contribution in [-0.4, -0.2) is 25.8 Å². The Hall–Kier alpha value is -3.94. The van der Waals surface area contributed by atoms with Crippen LogP contribution in [0.5, 0.6) is 5.75 Å². The van der Waals surface area contributed by atoms with Gasteiger partial charge in [-0.15, -0.1) is 5.10 Å². The molecule has 0 bridgehead atoms. The molecule has 1 N–H and O–H groups in total. The molecule has 0 atom stereocenters. The molecule has 0 aliphatic carbocycles. The number of hydrogen-bond acceptors (Lipinski definition) is 6. The van der Waals surface area contributed by atoms with Crippen molar-refractivity contribution in [2.45, 2.75) is 33.9 Å². The fraction of sp³-hybridized carbons (Fsp3) is 0.217. The van der Waals surface area contributed by atoms with Gasteiger partial charge in [-0.25, -0.2) is 9.67 Å². The molecule has 0 spiro atoms. The molecule has 0 unspecified atom stereocenters. The normalized spacial score (nSPS) is 10.8. The highest BCUT2D eigenvalue weighted by atomic mass is 16.5. The van der Waals surface area contributed by atoms with E-state index in [0.717, 1.165) is 22.4 Å². The zero-order chi connectivity index (χ0) is 21.8. The number of hydrogen-bond donors (Lipinski definition) is 1. The molecule has 0 radical (unpaired) electrons. The van der Waals surface area contributed by atoms with Gasteiger partial charge in [0, 0.05) is 0 Å². The maximum Gasteiger partial charge on any atom is 0.280 e. The first-order valence-electron chi connectivity index (χ1n) is 9.89. The smallest absolute Gasteiger partial charge is 0.280 e. The molecule has 8 heteroatoms. The summed E-state index contributed by atoms with van der Waals surface area (Å²) in [5.41, 5.74) is 4.00. The van der Waals surface area contributed by atoms with E-state index >= 15 is 0 Å². The summed E-state index contributed by atoms with van der Waals surface area (Å²) in [5.74, 6) is 1.02. The van der Waals surface area contributed by atoms with Gasteiger partial charge in [0.15, 0.2) is 5.69 Å². The number of carbonyl (C=O) groups is 1. The van der Waals surface area contributed by atoms with E-state index in [-0.39, 0.29) is 18.2 Å². The van der Waals surface area contributed by atoms with Crippen LogP contribution in [0.1, 0.15) is 38.5 Å². The molecule has 2 aromatic heterocycles. The molecule has 4 rings (SSSR count). The molecule has 2 aromatic carbocycles. The lowest BCUT2D eigenvalue weighted by Gasteiger charge is -2.10. The predicted octanol–water partition coefficient (Wildman–Crippen LogP) is 4.07. The second-order valence-corrected chi connectivity index (χ2v) is 7.33. The number of carbonyl (C=O) groups excluding carboxylic acids is 1. The van der Waals surface area contributed by atoms with E-state index in [1.165, 1.54) is 0 Å². The molecule has 0 fully saturated rings. The minimum Gasteiger partial charge on any atom is -0.488 e. The number of aryl methyl sites for hydroxylation is 3. The number of amides is 1. The molecule has 31 heavy (non-hydrogen) atoms. The highest BCUT2D eigenvalue weighted by Crippen LogP contribution is 2.22. The monoisotopic (exact) mass is 417 g/mol. The third kappa shape index (κ3) is 4.80. The summed E-state index contributed by atoms with van der Waals surface area (Å²) in [7, 11) is 0. The number of aromatic nitrogens is 4. The van der Waals surface area contributed by atoms with Crippen LogP contribution in [-0.2, 0) is 13.2 Å². The molecule has 8 nitrogen and oxygen atoms in total. The molecule has 0 aliphatic rings. The third-order valence-corrected chi connectivity index (χ3v) is 4.85. The average Bonchev–Trinajstić information content (AvgIpc) is 3.34. The first-order valence-corrected chi connectivity index (χ1v) is 9.89. The number of ether oxygens (including phenoxy) is 1. The van der Waals surface area contributed by atoms with Crippen LogP contribution in [0, 0.1) is 20.8 Å². The number of anilines is 1. The van der Waals surface area contributed by atoms with Gasteiger partial charge in [-0.3, -0.25) is 10.1 Å². The van der Waals surface area contributed by atoms with E-state index in [1.54, 1.807) is 17.9 Å². The molecule has 158 valence electrons. The first-order chi connectivity index (χ1) is 15.0. The van der Waals surface area contributed by atoms with Gasteiger partial charge in [0.05, 0.1) is 12.1 Å². The Labute approximate surface area is 179 Å². The summed E-state index contributed by atoms with van der Waals surface area (Å²) in [6.07, 6.45) is 1.57. The Balaban J connectivity index is 1.43. The van der Waals surface area contributed by atoms with E-state index in [2.05, 4.69) is 20.6 Å². The van der Waals surface area contributed by atoms with Crippen molar-refractivity contribution in [2.75, 3.05) is 5.32 Å². The molecule has 0 saturated heterocycles. The molecule has 0 aliphatic heterocycles. The summed E-state index contributed by atoms with van der Waals surface area (Å²) in [5, 5.41) is 10.9. The maximum atomic E-state index is 12.8. The van der Waals surface area contributed by atoms with E-state index in [4.69, 9.17) is 9.26 Å². The number of nitrogens with one attached hydrogen (secondary N) is 1. The summed E-state index contributed by atoms with van der Waals surface area (Å²) >= 11 is 0. The molecular weight excluding hydrogens is 394 g/mol. The van der Waals surface area contributed by atoms with Gasteiger partial charge >= 0.3 is 0 Å². The van der Waals surface area contributed by atoms with Crippen molar-refractivity contribution >= 4 is 11.9 Å². The SMILES string of the molecule is Cc1ccc(OCc2c(C(=O)Nc3ncn(Cc4ccccc4)n3)noc2C)c(C)c1. The lowest BCUT2D eigenvalue weighted by molar-refractivity contribution is 0.101. The van der Waals surface area contributed by atoms with Crippen molar-refractivity contribution in [3.05, 3.63) is 88.6 Å². The van der Waals surface area contributed by atoms with E-state index in [1.807, 2.05) is 62.4 Å². The lowest BCUT2D eigenvalue weighted by Crippen LogP contribution is -2.16. The summed E-state index contributed by atoms with van der Waals surface area (Å²) < 4.78 is 12.8. The van der Waals surface area contributed by atoms with Crippen molar-refractivity contribution in [2.24, 2.45) is 0 Å². The second kappa shape index (κ2) is 8.83. The van der Waals surface area contributed by atoms with Gasteiger partial charge in [0.2, 0.25) is 5.95 Å². The number of nitrogens with zero attached hydrogens (tertiary/aromatic N) is 4. The van der Waals surface area contributed by atoms with Gasteiger partial charge < -0.3 is 9.26 Å². The quantitative estimate of drug-likeness (QED) is 0.487. The Morgan fingerprint density at radius 2 is 1.94 bits per heavy atom. The first kappa shape index (κ1) is 20.3. The second-order valence-electron chi connectivity index (χ2n) is 7.33. The average molecular weight is 417 g/mol. The Morgan fingerprint density at radius 3 is 2.71 bits per heavy atom. The van der Waals surface area contributed by atoms with Crippen LogP contribution >= 0.6 is 0 Å².